The summed E-state index contributed by atoms with van der Waals surface area (Å²) in [7, 11) is 4.50. The van der Waals surface area contributed by atoms with E-state index < -0.39 is 0 Å². The second kappa shape index (κ2) is 15.0. The Kier molecular flexibility index (Phi) is 12.8. The van der Waals surface area contributed by atoms with Crippen molar-refractivity contribution in [1.29, 1.82) is 0 Å². The van der Waals surface area contributed by atoms with Crippen LogP contribution in [0.5, 0.6) is 11.5 Å². The van der Waals surface area contributed by atoms with Crippen molar-refractivity contribution in [2.24, 2.45) is 0 Å². The van der Waals surface area contributed by atoms with Crippen LogP contribution in [0, 0.1) is 0 Å². The summed E-state index contributed by atoms with van der Waals surface area (Å²) >= 11 is 3.45. The molecular weight excluding hydrogens is 546 g/mol. The molecule has 4 nitrogen and oxygen atoms in total. The van der Waals surface area contributed by atoms with Gasteiger partial charge in [0.25, 0.3) is 0 Å². The molecule has 33 heavy (non-hydrogen) atoms. The maximum atomic E-state index is 5.91. The van der Waals surface area contributed by atoms with Crippen molar-refractivity contribution in [1.82, 2.24) is 0 Å². The number of alkyl halides is 1. The van der Waals surface area contributed by atoms with Gasteiger partial charge in [0, 0.05) is 10.9 Å². The molecule has 1 aliphatic rings. The van der Waals surface area contributed by atoms with E-state index in [1.165, 1.54) is 42.4 Å². The summed E-state index contributed by atoms with van der Waals surface area (Å²) in [5.41, 5.74) is 4.27. The zero-order chi connectivity index (χ0) is 22.7. The van der Waals surface area contributed by atoms with Crippen molar-refractivity contribution >= 4 is 15.9 Å². The lowest BCUT2D eigenvalue weighted by atomic mass is 9.92. The highest BCUT2D eigenvalue weighted by atomic mass is 79.9. The van der Waals surface area contributed by atoms with Gasteiger partial charge in [0.15, 0.2) is 0 Å². The van der Waals surface area contributed by atoms with Gasteiger partial charge in [-0.25, -0.2) is 0 Å². The van der Waals surface area contributed by atoms with Crippen molar-refractivity contribution in [3.63, 3.8) is 0 Å². The average Bonchev–Trinajstić information content (AvgIpc) is 2.80. The van der Waals surface area contributed by atoms with Crippen LogP contribution in [-0.4, -0.2) is 56.9 Å². The number of aryl methyl sites for hydroxylation is 2. The van der Waals surface area contributed by atoms with Gasteiger partial charge in [-0.2, -0.15) is 0 Å². The second-order valence-corrected chi connectivity index (χ2v) is 10.1. The van der Waals surface area contributed by atoms with Crippen LogP contribution in [0.3, 0.4) is 0 Å². The number of ether oxygens (including phenoxy) is 3. The van der Waals surface area contributed by atoms with Gasteiger partial charge >= 0.3 is 0 Å². The van der Waals surface area contributed by atoms with Gasteiger partial charge < -0.3 is 35.7 Å². The maximum Gasteiger partial charge on any atom is 0.119 e. The van der Waals surface area contributed by atoms with E-state index >= 15 is 0 Å². The predicted molar refractivity (Wildman–Crippen MR) is 135 cm³/mol. The summed E-state index contributed by atoms with van der Waals surface area (Å²) in [5.74, 6) is 1.93. The average molecular weight is 585 g/mol. The fourth-order valence-corrected chi connectivity index (χ4v) is 4.48. The Balaban J connectivity index is 0.00000385. The zero-order valence-corrected chi connectivity index (χ0v) is 23.3. The smallest absolute Gasteiger partial charge is 0.119 e. The largest absolute Gasteiger partial charge is 1.00 e. The minimum Gasteiger partial charge on any atom is -1.00 e. The number of rotatable bonds is 14. The topological polar surface area (TPSA) is 27.7 Å². The van der Waals surface area contributed by atoms with E-state index in [9.17, 15) is 0 Å². The Morgan fingerprint density at radius 1 is 0.788 bits per heavy atom. The fraction of sp³-hybridized carbons (Fsp3) is 0.556. The Hall–Kier alpha value is -1.08. The van der Waals surface area contributed by atoms with E-state index in [-0.39, 0.29) is 17.0 Å². The summed E-state index contributed by atoms with van der Waals surface area (Å²) in [6, 6.07) is 15.1. The minimum atomic E-state index is 0. The Bertz CT molecular complexity index is 812. The van der Waals surface area contributed by atoms with Crippen molar-refractivity contribution in [2.75, 3.05) is 52.4 Å². The third-order valence-electron chi connectivity index (χ3n) is 5.99. The summed E-state index contributed by atoms with van der Waals surface area (Å²) in [6.07, 6.45) is 7.23. The number of unbranched alkanes of at least 4 members (excludes halogenated alkanes) is 1. The van der Waals surface area contributed by atoms with E-state index in [0.717, 1.165) is 60.5 Å². The molecule has 184 valence electrons. The molecule has 0 unspecified atom stereocenters. The molecule has 1 aliphatic carbocycles. The van der Waals surface area contributed by atoms with Gasteiger partial charge in [0.1, 0.15) is 31.2 Å². The molecule has 0 N–H and O–H groups in total. The lowest BCUT2D eigenvalue weighted by molar-refractivity contribution is -0.904. The minimum absolute atomic E-state index is 0. The molecular formula is C27H39Br2NO3. The molecule has 0 radical (unpaired) electrons. The Morgan fingerprint density at radius 2 is 1.48 bits per heavy atom. The van der Waals surface area contributed by atoms with Crippen molar-refractivity contribution in [3.05, 3.63) is 59.2 Å². The Labute approximate surface area is 219 Å². The monoisotopic (exact) mass is 583 g/mol. The second-order valence-electron chi connectivity index (χ2n) is 9.30. The van der Waals surface area contributed by atoms with Crippen LogP contribution >= 0.6 is 15.9 Å². The first kappa shape index (κ1) is 28.2. The van der Waals surface area contributed by atoms with E-state index in [1.54, 1.807) is 0 Å². The van der Waals surface area contributed by atoms with Crippen LogP contribution in [0.15, 0.2) is 42.5 Å². The lowest BCUT2D eigenvalue weighted by Gasteiger charge is -2.29. The van der Waals surface area contributed by atoms with Crippen LogP contribution < -0.4 is 26.5 Å². The Morgan fingerprint density at radius 3 is 2.24 bits per heavy atom. The molecule has 0 amide bonds. The van der Waals surface area contributed by atoms with Crippen LogP contribution in [0.2, 0.25) is 0 Å². The van der Waals surface area contributed by atoms with Gasteiger partial charge in [0.2, 0.25) is 0 Å². The molecule has 0 atom stereocenters. The number of nitrogens with zero attached hydrogens (tertiary/aromatic N) is 1. The molecule has 3 rings (SSSR count). The third-order valence-corrected chi connectivity index (χ3v) is 6.55. The van der Waals surface area contributed by atoms with Gasteiger partial charge in [-0.3, -0.25) is 0 Å². The number of halogens is 2. The van der Waals surface area contributed by atoms with Crippen molar-refractivity contribution < 1.29 is 35.7 Å². The molecule has 0 saturated carbocycles. The van der Waals surface area contributed by atoms with Gasteiger partial charge in [-0.1, -0.05) is 22.0 Å². The number of hydrogen-bond acceptors (Lipinski definition) is 3. The number of quaternary nitrogens is 1. The molecule has 2 aromatic rings. The summed E-state index contributed by atoms with van der Waals surface area (Å²) < 4.78 is 18.5. The fourth-order valence-electron chi connectivity index (χ4n) is 4.08. The number of benzene rings is 2. The summed E-state index contributed by atoms with van der Waals surface area (Å²) in [6.45, 7) is 4.67. The van der Waals surface area contributed by atoms with E-state index in [1.807, 2.05) is 0 Å². The lowest BCUT2D eigenvalue weighted by Crippen LogP contribution is -3.00. The van der Waals surface area contributed by atoms with Crippen LogP contribution in [0.25, 0.3) is 0 Å². The highest BCUT2D eigenvalue weighted by Crippen LogP contribution is 2.25. The highest BCUT2D eigenvalue weighted by molar-refractivity contribution is 9.09. The number of likely N-dealkylation sites (N-methyl/N-ethyl adjacent to an activating group) is 1. The number of hydrogen-bond donors (Lipinski definition) is 0. The molecule has 0 spiro atoms. The first-order valence-corrected chi connectivity index (χ1v) is 13.1. The quantitative estimate of drug-likeness (QED) is 0.194. The molecule has 6 heteroatoms. The highest BCUT2D eigenvalue weighted by Gasteiger charge is 2.16. The van der Waals surface area contributed by atoms with Crippen molar-refractivity contribution in [3.8, 4) is 11.5 Å². The first-order valence-electron chi connectivity index (χ1n) is 12.0. The first-order chi connectivity index (χ1) is 15.6. The molecule has 0 aromatic heterocycles. The summed E-state index contributed by atoms with van der Waals surface area (Å²) in [4.78, 5) is 0. The van der Waals surface area contributed by atoms with Gasteiger partial charge in [-0.15, -0.1) is 0 Å². The third kappa shape index (κ3) is 10.4. The van der Waals surface area contributed by atoms with Crippen LogP contribution in [0.1, 0.15) is 42.4 Å². The normalized spacial score (nSPS) is 13.2. The van der Waals surface area contributed by atoms with E-state index in [0.29, 0.717) is 13.2 Å². The molecule has 0 heterocycles. The van der Waals surface area contributed by atoms with Gasteiger partial charge in [0.05, 0.1) is 33.9 Å². The van der Waals surface area contributed by atoms with Crippen LogP contribution in [0.4, 0.5) is 0 Å². The predicted octanol–water partition coefficient (Wildman–Crippen LogP) is 2.80. The van der Waals surface area contributed by atoms with E-state index in [2.05, 4.69) is 72.5 Å². The standard InChI is InChI=1S/C27H39BrNO3.BrH/c1-29(2,22-23-9-12-26(13-10-23)31-17-6-5-15-28)16-18-30-19-20-32-27-14-11-24-7-3-4-8-25(24)21-27;/h9-14,21H,3-8,15-20,22H2,1-2H3;1H/q+1;/p-1. The van der Waals surface area contributed by atoms with Crippen LogP contribution in [-0.2, 0) is 24.1 Å². The van der Waals surface area contributed by atoms with Gasteiger partial charge in [-0.05, 0) is 86.1 Å². The zero-order valence-electron chi connectivity index (χ0n) is 20.2. The van der Waals surface area contributed by atoms with Crippen molar-refractivity contribution in [2.45, 2.75) is 45.1 Å². The summed E-state index contributed by atoms with van der Waals surface area (Å²) in [5, 5.41) is 1.04. The molecule has 0 saturated heterocycles. The SMILES string of the molecule is C[N+](C)(CCOCCOc1ccc2c(c1)CCCC2)Cc1ccc(OCCCCBr)cc1.[Br-]. The molecule has 2 aromatic carbocycles. The number of fused-ring (bicyclic) bond motifs is 1. The molecule has 0 bridgehead atoms. The van der Waals surface area contributed by atoms with E-state index in [4.69, 9.17) is 14.2 Å². The molecule has 0 aliphatic heterocycles. The maximum absolute atomic E-state index is 5.91. The molecule has 0 fully saturated rings.